The molecule has 0 bridgehead atoms. The molecule has 2 fully saturated rings. The summed E-state index contributed by atoms with van der Waals surface area (Å²) in [6.07, 6.45) is 11.6. The van der Waals surface area contributed by atoms with Crippen LogP contribution in [0.5, 0.6) is 0 Å². The van der Waals surface area contributed by atoms with Crippen molar-refractivity contribution in [2.75, 3.05) is 19.6 Å². The lowest BCUT2D eigenvalue weighted by atomic mass is 10.0. The van der Waals surface area contributed by atoms with Crippen LogP contribution in [0.4, 0.5) is 0 Å². The number of aromatic nitrogens is 2. The lowest BCUT2D eigenvalue weighted by Gasteiger charge is -2.29. The third-order valence-electron chi connectivity index (χ3n) is 5.09. The van der Waals surface area contributed by atoms with Crippen molar-refractivity contribution in [3.8, 4) is 0 Å². The fourth-order valence-electron chi connectivity index (χ4n) is 3.76. The SMILES string of the molecule is CCN(Cc1ccn(C2CCCC2)n1)CC1CCCCN1. The van der Waals surface area contributed by atoms with Gasteiger partial charge in [0, 0.05) is 25.3 Å². The number of rotatable bonds is 6. The minimum absolute atomic E-state index is 0.661. The van der Waals surface area contributed by atoms with E-state index in [2.05, 4.69) is 34.1 Å². The van der Waals surface area contributed by atoms with Crippen LogP contribution in [0.15, 0.2) is 12.3 Å². The van der Waals surface area contributed by atoms with Crippen molar-refractivity contribution in [3.63, 3.8) is 0 Å². The van der Waals surface area contributed by atoms with Gasteiger partial charge in [0.15, 0.2) is 0 Å². The molecular weight excluding hydrogens is 260 g/mol. The standard InChI is InChI=1S/C17H30N4/c1-2-20(13-15-7-5-6-11-18-15)14-16-10-12-21(19-16)17-8-3-4-9-17/h10,12,15,17-18H,2-9,11,13-14H2,1H3. The van der Waals surface area contributed by atoms with Crippen LogP contribution in [0.1, 0.15) is 63.6 Å². The summed E-state index contributed by atoms with van der Waals surface area (Å²) in [7, 11) is 0. The molecule has 0 radical (unpaired) electrons. The predicted molar refractivity (Wildman–Crippen MR) is 86.3 cm³/mol. The van der Waals surface area contributed by atoms with Crippen LogP contribution in [0.2, 0.25) is 0 Å². The number of piperidine rings is 1. The zero-order chi connectivity index (χ0) is 14.5. The summed E-state index contributed by atoms with van der Waals surface area (Å²) in [6, 6.07) is 3.55. The highest BCUT2D eigenvalue weighted by atomic mass is 15.3. The van der Waals surface area contributed by atoms with Gasteiger partial charge in [-0.2, -0.15) is 5.10 Å². The van der Waals surface area contributed by atoms with E-state index in [1.165, 1.54) is 57.2 Å². The summed E-state index contributed by atoms with van der Waals surface area (Å²) >= 11 is 0. The van der Waals surface area contributed by atoms with E-state index in [0.717, 1.165) is 19.6 Å². The second-order valence-corrected chi connectivity index (χ2v) is 6.70. The molecule has 1 aliphatic carbocycles. The monoisotopic (exact) mass is 290 g/mol. The Morgan fingerprint density at radius 3 is 2.76 bits per heavy atom. The van der Waals surface area contributed by atoms with Gasteiger partial charge in [-0.15, -0.1) is 0 Å². The molecule has 1 aromatic rings. The average molecular weight is 290 g/mol. The first kappa shape index (κ1) is 15.0. The van der Waals surface area contributed by atoms with Crippen LogP contribution in [-0.4, -0.2) is 40.4 Å². The zero-order valence-corrected chi connectivity index (χ0v) is 13.4. The fourth-order valence-corrected chi connectivity index (χ4v) is 3.76. The molecule has 1 saturated heterocycles. The molecule has 0 spiro atoms. The van der Waals surface area contributed by atoms with Crippen LogP contribution >= 0.6 is 0 Å². The van der Waals surface area contributed by atoms with E-state index in [0.29, 0.717) is 12.1 Å². The Morgan fingerprint density at radius 2 is 2.05 bits per heavy atom. The van der Waals surface area contributed by atoms with Crippen LogP contribution in [-0.2, 0) is 6.54 Å². The third-order valence-corrected chi connectivity index (χ3v) is 5.09. The Balaban J connectivity index is 1.53. The minimum Gasteiger partial charge on any atom is -0.313 e. The van der Waals surface area contributed by atoms with Gasteiger partial charge in [-0.25, -0.2) is 0 Å². The van der Waals surface area contributed by atoms with Crippen molar-refractivity contribution < 1.29 is 0 Å². The van der Waals surface area contributed by atoms with E-state index in [4.69, 9.17) is 5.10 Å². The first-order valence-electron chi connectivity index (χ1n) is 8.85. The van der Waals surface area contributed by atoms with Gasteiger partial charge in [-0.05, 0) is 44.8 Å². The van der Waals surface area contributed by atoms with E-state index in [1.54, 1.807) is 0 Å². The molecule has 1 aromatic heterocycles. The fraction of sp³-hybridized carbons (Fsp3) is 0.824. The van der Waals surface area contributed by atoms with Crippen LogP contribution in [0.3, 0.4) is 0 Å². The van der Waals surface area contributed by atoms with E-state index < -0.39 is 0 Å². The first-order chi connectivity index (χ1) is 10.3. The van der Waals surface area contributed by atoms with Crippen molar-refractivity contribution in [2.45, 2.75) is 70.5 Å². The number of nitrogens with zero attached hydrogens (tertiary/aromatic N) is 3. The largest absolute Gasteiger partial charge is 0.313 e. The molecule has 1 aliphatic heterocycles. The normalized spacial score (nSPS) is 24.0. The van der Waals surface area contributed by atoms with Crippen LogP contribution in [0, 0.1) is 0 Å². The van der Waals surface area contributed by atoms with E-state index in [9.17, 15) is 0 Å². The molecule has 3 rings (SSSR count). The summed E-state index contributed by atoms with van der Waals surface area (Å²) in [5.74, 6) is 0. The van der Waals surface area contributed by atoms with Gasteiger partial charge in [0.25, 0.3) is 0 Å². The molecule has 21 heavy (non-hydrogen) atoms. The quantitative estimate of drug-likeness (QED) is 0.874. The first-order valence-corrected chi connectivity index (χ1v) is 8.85. The molecule has 118 valence electrons. The highest BCUT2D eigenvalue weighted by molar-refractivity contribution is 5.00. The maximum Gasteiger partial charge on any atom is 0.0764 e. The predicted octanol–water partition coefficient (Wildman–Crippen LogP) is 2.96. The summed E-state index contributed by atoms with van der Waals surface area (Å²) in [4.78, 5) is 2.53. The Bertz CT molecular complexity index is 416. The number of hydrogen-bond acceptors (Lipinski definition) is 3. The molecule has 2 heterocycles. The lowest BCUT2D eigenvalue weighted by molar-refractivity contribution is 0.223. The van der Waals surface area contributed by atoms with Gasteiger partial charge in [0.2, 0.25) is 0 Å². The highest BCUT2D eigenvalue weighted by Gasteiger charge is 2.19. The summed E-state index contributed by atoms with van der Waals surface area (Å²) in [5, 5.41) is 8.48. The maximum atomic E-state index is 4.83. The molecule has 0 amide bonds. The zero-order valence-electron chi connectivity index (χ0n) is 13.4. The summed E-state index contributed by atoms with van der Waals surface area (Å²) in [5.41, 5.74) is 1.24. The van der Waals surface area contributed by atoms with E-state index >= 15 is 0 Å². The molecule has 1 atom stereocenters. The van der Waals surface area contributed by atoms with Gasteiger partial charge in [-0.1, -0.05) is 26.2 Å². The molecule has 4 nitrogen and oxygen atoms in total. The third kappa shape index (κ3) is 4.07. The van der Waals surface area contributed by atoms with E-state index in [1.807, 2.05) is 0 Å². The van der Waals surface area contributed by atoms with Gasteiger partial charge in [0.1, 0.15) is 0 Å². The molecule has 2 aliphatic rings. The Hall–Kier alpha value is -0.870. The van der Waals surface area contributed by atoms with Gasteiger partial charge in [-0.3, -0.25) is 9.58 Å². The topological polar surface area (TPSA) is 33.1 Å². The smallest absolute Gasteiger partial charge is 0.0764 e. The Morgan fingerprint density at radius 1 is 1.24 bits per heavy atom. The second kappa shape index (κ2) is 7.41. The summed E-state index contributed by atoms with van der Waals surface area (Å²) in [6.45, 7) is 6.71. The lowest BCUT2D eigenvalue weighted by Crippen LogP contribution is -2.43. The van der Waals surface area contributed by atoms with Crippen molar-refractivity contribution in [1.82, 2.24) is 20.0 Å². The number of hydrogen-bond donors (Lipinski definition) is 1. The van der Waals surface area contributed by atoms with Crippen molar-refractivity contribution in [3.05, 3.63) is 18.0 Å². The average Bonchev–Trinajstić information content (AvgIpc) is 3.18. The number of likely N-dealkylation sites (N-methyl/N-ethyl adjacent to an activating group) is 1. The minimum atomic E-state index is 0.661. The van der Waals surface area contributed by atoms with Crippen molar-refractivity contribution >= 4 is 0 Å². The van der Waals surface area contributed by atoms with Crippen LogP contribution in [0.25, 0.3) is 0 Å². The van der Waals surface area contributed by atoms with E-state index in [-0.39, 0.29) is 0 Å². The highest BCUT2D eigenvalue weighted by Crippen LogP contribution is 2.28. The van der Waals surface area contributed by atoms with Gasteiger partial charge >= 0.3 is 0 Å². The molecule has 0 aromatic carbocycles. The van der Waals surface area contributed by atoms with Crippen molar-refractivity contribution in [2.24, 2.45) is 0 Å². The molecule has 1 unspecified atom stereocenters. The Labute approximate surface area is 128 Å². The number of nitrogens with one attached hydrogen (secondary N) is 1. The molecule has 1 N–H and O–H groups in total. The molecule has 1 saturated carbocycles. The molecular formula is C17H30N4. The summed E-state index contributed by atoms with van der Waals surface area (Å²) < 4.78 is 2.22. The van der Waals surface area contributed by atoms with Crippen molar-refractivity contribution in [1.29, 1.82) is 0 Å². The van der Waals surface area contributed by atoms with Crippen LogP contribution < -0.4 is 5.32 Å². The second-order valence-electron chi connectivity index (χ2n) is 6.70. The molecule has 4 heteroatoms. The van der Waals surface area contributed by atoms with Gasteiger partial charge < -0.3 is 5.32 Å². The van der Waals surface area contributed by atoms with Gasteiger partial charge in [0.05, 0.1) is 11.7 Å². The Kier molecular flexibility index (Phi) is 5.31. The maximum absolute atomic E-state index is 4.83.